The summed E-state index contributed by atoms with van der Waals surface area (Å²) in [7, 11) is 0. The van der Waals surface area contributed by atoms with Crippen molar-refractivity contribution in [3.63, 3.8) is 0 Å². The van der Waals surface area contributed by atoms with Crippen LogP contribution in [-0.4, -0.2) is 27.0 Å². The fourth-order valence-electron chi connectivity index (χ4n) is 4.85. The summed E-state index contributed by atoms with van der Waals surface area (Å²) in [6, 6.07) is 8.80. The predicted molar refractivity (Wildman–Crippen MR) is 124 cm³/mol. The lowest BCUT2D eigenvalue weighted by molar-refractivity contribution is -0.274. The largest absolute Gasteiger partial charge is 0.573 e. The van der Waals surface area contributed by atoms with E-state index in [9.17, 15) is 23.1 Å². The smallest absolute Gasteiger partial charge is 0.478 e. The number of halogens is 3. The molecule has 1 heterocycles. The molecule has 3 aromatic rings. The molecular formula is C25H26F3N3O3. The van der Waals surface area contributed by atoms with E-state index in [1.165, 1.54) is 24.3 Å². The molecule has 0 saturated heterocycles. The Morgan fingerprint density at radius 2 is 1.94 bits per heavy atom. The maximum atomic E-state index is 12.5. The first kappa shape index (κ1) is 23.7. The highest BCUT2D eigenvalue weighted by Crippen LogP contribution is 2.45. The van der Waals surface area contributed by atoms with Gasteiger partial charge in [-0.15, -0.1) is 13.2 Å². The minimum atomic E-state index is -4.77. The Bertz CT molecular complexity index is 1260. The average Bonchev–Trinajstić information content (AvgIpc) is 3.02. The number of aromatic nitrogens is 2. The molecule has 2 N–H and O–H groups in total. The molecule has 9 heteroatoms. The first-order chi connectivity index (χ1) is 15.8. The topological polar surface area (TPSA) is 76.4 Å². The molecule has 34 heavy (non-hydrogen) atoms. The van der Waals surface area contributed by atoms with Crippen molar-refractivity contribution in [2.75, 3.05) is 5.32 Å². The van der Waals surface area contributed by atoms with Crippen molar-refractivity contribution < 1.29 is 27.8 Å². The van der Waals surface area contributed by atoms with E-state index in [4.69, 9.17) is 0 Å². The van der Waals surface area contributed by atoms with E-state index in [2.05, 4.69) is 40.0 Å². The Kier molecular flexibility index (Phi) is 5.83. The maximum Gasteiger partial charge on any atom is 0.573 e. The number of ether oxygens (including phenoxy) is 1. The number of anilines is 2. The highest BCUT2D eigenvalue weighted by molar-refractivity contribution is 5.95. The normalized spacial score (nSPS) is 18.2. The SMILES string of the molecule is C=C1C[C@H](n2c(Nc3ccc(OC(F)(F)F)cc3)nc3cc(C(=O)O)c(C)cc32)CC(C)(C)C1. The second-order valence-electron chi connectivity index (χ2n) is 9.62. The first-order valence-electron chi connectivity index (χ1n) is 10.9. The molecule has 1 aliphatic carbocycles. The van der Waals surface area contributed by atoms with Crippen LogP contribution in [0.1, 0.15) is 55.1 Å². The Morgan fingerprint density at radius 3 is 2.53 bits per heavy atom. The summed E-state index contributed by atoms with van der Waals surface area (Å²) in [5.74, 6) is -0.869. The van der Waals surface area contributed by atoms with Crippen molar-refractivity contribution in [2.45, 2.75) is 52.4 Å². The molecule has 0 bridgehead atoms. The van der Waals surface area contributed by atoms with Gasteiger partial charge >= 0.3 is 12.3 Å². The van der Waals surface area contributed by atoms with Gasteiger partial charge in [-0.2, -0.15) is 0 Å². The van der Waals surface area contributed by atoms with E-state index in [-0.39, 0.29) is 22.8 Å². The fourth-order valence-corrected chi connectivity index (χ4v) is 4.85. The van der Waals surface area contributed by atoms with Gasteiger partial charge in [-0.3, -0.25) is 0 Å². The van der Waals surface area contributed by atoms with Gasteiger partial charge in [0.1, 0.15) is 5.75 Å². The molecule has 0 amide bonds. The minimum Gasteiger partial charge on any atom is -0.478 e. The van der Waals surface area contributed by atoms with Crippen molar-refractivity contribution >= 4 is 28.6 Å². The minimum absolute atomic E-state index is 0.0283. The number of aromatic carboxylic acids is 1. The van der Waals surface area contributed by atoms with Gasteiger partial charge in [-0.1, -0.05) is 26.0 Å². The number of carbonyl (C=O) groups is 1. The van der Waals surface area contributed by atoms with Gasteiger partial charge in [0.2, 0.25) is 5.95 Å². The highest BCUT2D eigenvalue weighted by atomic mass is 19.4. The van der Waals surface area contributed by atoms with Crippen LogP contribution in [0.2, 0.25) is 0 Å². The molecule has 1 aromatic heterocycles. The molecule has 1 saturated carbocycles. The third-order valence-electron chi connectivity index (χ3n) is 6.02. The summed E-state index contributed by atoms with van der Waals surface area (Å²) >= 11 is 0. The zero-order valence-electron chi connectivity index (χ0n) is 19.2. The number of alkyl halides is 3. The fraction of sp³-hybridized carbons (Fsp3) is 0.360. The molecule has 2 aromatic carbocycles. The number of hydrogen-bond donors (Lipinski definition) is 2. The molecule has 4 rings (SSSR count). The summed E-state index contributed by atoms with van der Waals surface area (Å²) < 4.78 is 43.4. The van der Waals surface area contributed by atoms with Crippen LogP contribution in [0, 0.1) is 12.3 Å². The third-order valence-corrected chi connectivity index (χ3v) is 6.02. The Balaban J connectivity index is 1.78. The van der Waals surface area contributed by atoms with Crippen LogP contribution in [0.4, 0.5) is 24.8 Å². The van der Waals surface area contributed by atoms with Crippen LogP contribution in [0.15, 0.2) is 48.6 Å². The highest BCUT2D eigenvalue weighted by Gasteiger charge is 2.33. The van der Waals surface area contributed by atoms with Gasteiger partial charge in [-0.05, 0) is 73.6 Å². The maximum absolute atomic E-state index is 12.5. The summed E-state index contributed by atoms with van der Waals surface area (Å²) in [6.07, 6.45) is -2.23. The number of imidazole rings is 1. The zero-order valence-corrected chi connectivity index (χ0v) is 19.2. The van der Waals surface area contributed by atoms with E-state index < -0.39 is 12.3 Å². The summed E-state index contributed by atoms with van der Waals surface area (Å²) in [4.78, 5) is 16.3. The van der Waals surface area contributed by atoms with Gasteiger partial charge in [0.25, 0.3) is 0 Å². The van der Waals surface area contributed by atoms with Crippen molar-refractivity contribution in [3.05, 3.63) is 59.7 Å². The Hall–Kier alpha value is -3.49. The molecule has 6 nitrogen and oxygen atoms in total. The van der Waals surface area contributed by atoms with E-state index >= 15 is 0 Å². The Morgan fingerprint density at radius 1 is 1.26 bits per heavy atom. The van der Waals surface area contributed by atoms with Crippen LogP contribution in [0.5, 0.6) is 5.75 Å². The lowest BCUT2D eigenvalue weighted by atomic mass is 9.73. The molecule has 0 spiro atoms. The van der Waals surface area contributed by atoms with E-state index in [0.29, 0.717) is 22.7 Å². The van der Waals surface area contributed by atoms with Crippen LogP contribution < -0.4 is 10.1 Å². The zero-order chi connectivity index (χ0) is 24.8. The van der Waals surface area contributed by atoms with E-state index in [0.717, 1.165) is 30.4 Å². The molecule has 0 unspecified atom stereocenters. The summed E-state index contributed by atoms with van der Waals surface area (Å²) in [5.41, 5.74) is 3.78. The van der Waals surface area contributed by atoms with Crippen molar-refractivity contribution in [2.24, 2.45) is 5.41 Å². The molecule has 0 radical (unpaired) electrons. The summed E-state index contributed by atoms with van der Waals surface area (Å²) in [5, 5.41) is 12.7. The molecule has 1 atom stereocenters. The number of aryl methyl sites for hydroxylation is 1. The summed E-state index contributed by atoms with van der Waals surface area (Å²) in [6.45, 7) is 10.3. The molecule has 0 aliphatic heterocycles. The number of benzene rings is 2. The molecular weight excluding hydrogens is 447 g/mol. The number of carboxylic acids is 1. The number of rotatable bonds is 5. The standard InChI is InChI=1S/C25H26F3N3O3/c1-14-9-17(13-24(3,4)12-14)31-21-10-15(2)19(22(32)33)11-20(21)30-23(31)29-16-5-7-18(8-6-16)34-25(26,27)28/h5-8,10-11,17H,1,9,12-13H2,2-4H3,(H,29,30)(H,32,33)/t17-/m0/s1. The third kappa shape index (κ3) is 5.03. The predicted octanol–water partition coefficient (Wildman–Crippen LogP) is 6.99. The average molecular weight is 473 g/mol. The van der Waals surface area contributed by atoms with Crippen LogP contribution in [0.3, 0.4) is 0 Å². The quantitative estimate of drug-likeness (QED) is 0.391. The second-order valence-corrected chi connectivity index (χ2v) is 9.62. The molecule has 1 fully saturated rings. The number of nitrogens with one attached hydrogen (secondary N) is 1. The second kappa shape index (κ2) is 8.38. The van der Waals surface area contributed by atoms with Crippen LogP contribution >= 0.6 is 0 Å². The number of carboxylic acid groups (broad SMARTS) is 1. The van der Waals surface area contributed by atoms with Crippen molar-refractivity contribution in [1.82, 2.24) is 9.55 Å². The van der Waals surface area contributed by atoms with Gasteiger partial charge in [0, 0.05) is 11.7 Å². The lowest BCUT2D eigenvalue weighted by Crippen LogP contribution is -2.26. The number of hydrogen-bond acceptors (Lipinski definition) is 4. The Labute approximate surface area is 195 Å². The van der Waals surface area contributed by atoms with Crippen LogP contribution in [0.25, 0.3) is 11.0 Å². The van der Waals surface area contributed by atoms with Gasteiger partial charge in [0.15, 0.2) is 0 Å². The van der Waals surface area contributed by atoms with Gasteiger partial charge < -0.3 is 19.7 Å². The number of allylic oxidation sites excluding steroid dienone is 1. The van der Waals surface area contributed by atoms with Crippen LogP contribution in [-0.2, 0) is 0 Å². The number of fused-ring (bicyclic) bond motifs is 1. The van der Waals surface area contributed by atoms with Crippen molar-refractivity contribution in [1.29, 1.82) is 0 Å². The molecule has 1 aliphatic rings. The lowest BCUT2D eigenvalue weighted by Gasteiger charge is -2.38. The van der Waals surface area contributed by atoms with Gasteiger partial charge in [0.05, 0.1) is 16.6 Å². The van der Waals surface area contributed by atoms with E-state index in [1.54, 1.807) is 13.0 Å². The number of nitrogens with zero attached hydrogens (tertiary/aromatic N) is 2. The molecule has 180 valence electrons. The van der Waals surface area contributed by atoms with Gasteiger partial charge in [-0.25, -0.2) is 9.78 Å². The first-order valence-corrected chi connectivity index (χ1v) is 10.9. The monoisotopic (exact) mass is 473 g/mol. The van der Waals surface area contributed by atoms with Crippen molar-refractivity contribution in [3.8, 4) is 5.75 Å². The van der Waals surface area contributed by atoms with E-state index in [1.807, 2.05) is 6.07 Å².